The number of ether oxygens (including phenoxy) is 1. The highest BCUT2D eigenvalue weighted by molar-refractivity contribution is 5.86. The lowest BCUT2D eigenvalue weighted by atomic mass is 9.98. The van der Waals surface area contributed by atoms with Gasteiger partial charge < -0.3 is 15.2 Å². The van der Waals surface area contributed by atoms with Crippen LogP contribution in [0.1, 0.15) is 36.1 Å². The van der Waals surface area contributed by atoms with E-state index in [0.29, 0.717) is 11.4 Å². The van der Waals surface area contributed by atoms with Crippen LogP contribution in [0.3, 0.4) is 0 Å². The number of nitrogens with zero attached hydrogens (tertiary/aromatic N) is 1. The number of pyridine rings is 1. The first-order chi connectivity index (χ1) is 16.5. The number of aliphatic carboxylic acids is 1. The van der Waals surface area contributed by atoms with E-state index in [-0.39, 0.29) is 25.4 Å². The predicted octanol–water partition coefficient (Wildman–Crippen LogP) is 3.96. The Bertz CT molecular complexity index is 1160. The molecule has 1 atom stereocenters. The van der Waals surface area contributed by atoms with Crippen molar-refractivity contribution in [3.05, 3.63) is 83.7 Å². The molecule has 0 saturated heterocycles. The zero-order valence-corrected chi connectivity index (χ0v) is 18.7. The van der Waals surface area contributed by atoms with E-state index in [2.05, 4.69) is 39.9 Å². The fourth-order valence-electron chi connectivity index (χ4n) is 4.10. The molecule has 1 aliphatic rings. The highest BCUT2D eigenvalue weighted by atomic mass is 16.5. The maximum atomic E-state index is 12.4. The fourth-order valence-corrected chi connectivity index (χ4v) is 4.10. The minimum atomic E-state index is -1.08. The molecule has 0 bridgehead atoms. The van der Waals surface area contributed by atoms with E-state index in [1.165, 1.54) is 6.20 Å². The number of anilines is 1. The Morgan fingerprint density at radius 2 is 1.65 bits per heavy atom. The number of hydrogen-bond acceptors (Lipinski definition) is 5. The van der Waals surface area contributed by atoms with E-state index in [1.54, 1.807) is 19.1 Å². The summed E-state index contributed by atoms with van der Waals surface area (Å²) in [5.74, 6) is -1.54. The number of nitrogens with one attached hydrogen (secondary N) is 2. The molecule has 0 fully saturated rings. The van der Waals surface area contributed by atoms with Crippen molar-refractivity contribution in [3.8, 4) is 11.1 Å². The average molecular weight is 460 g/mol. The standard InChI is InChI=1S/C26H25N3O5/c1-2-23(25(31)32)29-24(30)13-16-11-12-17(14-27-16)28-26(33)34-15-22-20-9-5-3-7-18(20)19-8-4-6-10-21(19)22/h3-12,14,22-23H,2,13,15H2,1H3,(H,28,33)(H,29,30)(H,31,32)/t23-/m1/s1. The highest BCUT2D eigenvalue weighted by Gasteiger charge is 2.29. The molecule has 0 saturated carbocycles. The first-order valence-corrected chi connectivity index (χ1v) is 11.1. The number of carboxylic acid groups (broad SMARTS) is 1. The van der Waals surface area contributed by atoms with Gasteiger partial charge in [0.15, 0.2) is 0 Å². The van der Waals surface area contributed by atoms with Crippen LogP contribution >= 0.6 is 0 Å². The summed E-state index contributed by atoms with van der Waals surface area (Å²) in [6, 6.07) is 18.5. The van der Waals surface area contributed by atoms with Gasteiger partial charge in [0.1, 0.15) is 12.6 Å². The topological polar surface area (TPSA) is 118 Å². The van der Waals surface area contributed by atoms with Crippen molar-refractivity contribution >= 4 is 23.7 Å². The Balaban J connectivity index is 1.32. The largest absolute Gasteiger partial charge is 0.480 e. The van der Waals surface area contributed by atoms with Crippen LogP contribution < -0.4 is 10.6 Å². The van der Waals surface area contributed by atoms with E-state index in [0.717, 1.165) is 22.3 Å². The van der Waals surface area contributed by atoms with Crippen LogP contribution in [0, 0.1) is 0 Å². The molecule has 34 heavy (non-hydrogen) atoms. The lowest BCUT2D eigenvalue weighted by Gasteiger charge is -2.14. The molecule has 1 aromatic heterocycles. The van der Waals surface area contributed by atoms with Crippen LogP contribution in [0.15, 0.2) is 66.9 Å². The fraction of sp³-hybridized carbons (Fsp3) is 0.231. The van der Waals surface area contributed by atoms with Crippen LogP contribution in [0.25, 0.3) is 11.1 Å². The van der Waals surface area contributed by atoms with Crippen LogP contribution in [0.4, 0.5) is 10.5 Å². The maximum Gasteiger partial charge on any atom is 0.411 e. The zero-order chi connectivity index (χ0) is 24.1. The van der Waals surface area contributed by atoms with Crippen LogP contribution in [-0.2, 0) is 20.7 Å². The van der Waals surface area contributed by atoms with Gasteiger partial charge in [-0.25, -0.2) is 9.59 Å². The second-order valence-electron chi connectivity index (χ2n) is 8.03. The molecule has 4 rings (SSSR count). The summed E-state index contributed by atoms with van der Waals surface area (Å²) >= 11 is 0. The third-order valence-electron chi connectivity index (χ3n) is 5.80. The predicted molar refractivity (Wildman–Crippen MR) is 126 cm³/mol. The smallest absolute Gasteiger partial charge is 0.411 e. The number of benzene rings is 2. The van der Waals surface area contributed by atoms with Crippen LogP contribution in [-0.4, -0.2) is 40.7 Å². The molecular formula is C26H25N3O5. The molecule has 1 heterocycles. The summed E-state index contributed by atoms with van der Waals surface area (Å²) in [6.45, 7) is 1.88. The summed E-state index contributed by atoms with van der Waals surface area (Å²) in [6.07, 6.45) is 1.06. The van der Waals surface area contributed by atoms with Crippen molar-refractivity contribution in [2.45, 2.75) is 31.7 Å². The third-order valence-corrected chi connectivity index (χ3v) is 5.80. The number of hydrogen-bond donors (Lipinski definition) is 3. The van der Waals surface area contributed by atoms with Gasteiger partial charge in [-0.2, -0.15) is 0 Å². The van der Waals surface area contributed by atoms with Gasteiger partial charge in [0.2, 0.25) is 5.91 Å². The lowest BCUT2D eigenvalue weighted by Crippen LogP contribution is -2.41. The second kappa shape index (κ2) is 10.2. The van der Waals surface area contributed by atoms with E-state index >= 15 is 0 Å². The van der Waals surface area contributed by atoms with Gasteiger partial charge in [-0.05, 0) is 40.8 Å². The quantitative estimate of drug-likeness (QED) is 0.469. The van der Waals surface area contributed by atoms with Gasteiger partial charge in [-0.15, -0.1) is 0 Å². The monoisotopic (exact) mass is 459 g/mol. The molecule has 0 spiro atoms. The Morgan fingerprint density at radius 3 is 2.21 bits per heavy atom. The zero-order valence-electron chi connectivity index (χ0n) is 18.7. The number of rotatable bonds is 8. The highest BCUT2D eigenvalue weighted by Crippen LogP contribution is 2.44. The van der Waals surface area contributed by atoms with Crippen molar-refractivity contribution in [2.24, 2.45) is 0 Å². The average Bonchev–Trinajstić information content (AvgIpc) is 3.16. The summed E-state index contributed by atoms with van der Waals surface area (Å²) in [4.78, 5) is 39.6. The summed E-state index contributed by atoms with van der Waals surface area (Å²) in [7, 11) is 0. The molecular weight excluding hydrogens is 434 g/mol. The summed E-state index contributed by atoms with van der Waals surface area (Å²) in [5.41, 5.74) is 5.46. The normalized spacial score (nSPS) is 12.9. The molecule has 0 aliphatic heterocycles. The number of amides is 2. The minimum Gasteiger partial charge on any atom is -0.480 e. The number of carbonyl (C=O) groups excluding carboxylic acids is 2. The van der Waals surface area contributed by atoms with Gasteiger partial charge in [0.05, 0.1) is 18.3 Å². The molecule has 8 nitrogen and oxygen atoms in total. The molecule has 2 amide bonds. The lowest BCUT2D eigenvalue weighted by molar-refractivity contribution is -0.141. The molecule has 2 aromatic carbocycles. The summed E-state index contributed by atoms with van der Waals surface area (Å²) in [5, 5.41) is 14.1. The molecule has 0 unspecified atom stereocenters. The molecule has 174 valence electrons. The molecule has 1 aliphatic carbocycles. The van der Waals surface area contributed by atoms with Gasteiger partial charge in [-0.3, -0.25) is 15.1 Å². The third kappa shape index (κ3) is 5.06. The van der Waals surface area contributed by atoms with Crippen LogP contribution in [0.5, 0.6) is 0 Å². The van der Waals surface area contributed by atoms with Gasteiger partial charge in [0.25, 0.3) is 0 Å². The van der Waals surface area contributed by atoms with Gasteiger partial charge >= 0.3 is 12.1 Å². The van der Waals surface area contributed by atoms with Crippen molar-refractivity contribution in [1.29, 1.82) is 0 Å². The van der Waals surface area contributed by atoms with E-state index in [9.17, 15) is 14.4 Å². The SMILES string of the molecule is CC[C@@H](NC(=O)Cc1ccc(NC(=O)OCC2c3ccccc3-c3ccccc32)cn1)C(=O)O. The second-order valence-corrected chi connectivity index (χ2v) is 8.03. The van der Waals surface area contributed by atoms with E-state index in [1.807, 2.05) is 24.3 Å². The molecule has 3 N–H and O–H groups in total. The number of aromatic nitrogens is 1. The number of carboxylic acids is 1. The Hall–Kier alpha value is -4.20. The van der Waals surface area contributed by atoms with Crippen molar-refractivity contribution < 1.29 is 24.2 Å². The maximum absolute atomic E-state index is 12.4. The first-order valence-electron chi connectivity index (χ1n) is 11.1. The Morgan fingerprint density at radius 1 is 1.00 bits per heavy atom. The summed E-state index contributed by atoms with van der Waals surface area (Å²) < 4.78 is 5.52. The Kier molecular flexibility index (Phi) is 6.87. The minimum absolute atomic E-state index is 0.0325. The van der Waals surface area contributed by atoms with E-state index < -0.39 is 24.0 Å². The number of carbonyl (C=O) groups is 3. The molecule has 3 aromatic rings. The van der Waals surface area contributed by atoms with E-state index in [4.69, 9.17) is 9.84 Å². The van der Waals surface area contributed by atoms with Crippen LogP contribution in [0.2, 0.25) is 0 Å². The van der Waals surface area contributed by atoms with Crippen molar-refractivity contribution in [3.63, 3.8) is 0 Å². The Labute approximate surface area is 197 Å². The van der Waals surface area contributed by atoms with Crippen molar-refractivity contribution in [2.75, 3.05) is 11.9 Å². The van der Waals surface area contributed by atoms with Gasteiger partial charge in [-0.1, -0.05) is 55.5 Å². The van der Waals surface area contributed by atoms with Gasteiger partial charge in [0, 0.05) is 11.6 Å². The molecule has 8 heteroatoms. The molecule has 0 radical (unpaired) electrons. The number of fused-ring (bicyclic) bond motifs is 3. The first kappa shape index (κ1) is 23.0. The van der Waals surface area contributed by atoms with Crippen molar-refractivity contribution in [1.82, 2.24) is 10.3 Å².